The van der Waals surface area contributed by atoms with Crippen LogP contribution < -0.4 is 9.47 Å². The quantitative estimate of drug-likeness (QED) is 0.301. The third-order valence-electron chi connectivity index (χ3n) is 4.83. The van der Waals surface area contributed by atoms with Gasteiger partial charge in [-0.2, -0.15) is 0 Å². The summed E-state index contributed by atoms with van der Waals surface area (Å²) in [6, 6.07) is 24.6. The molecule has 0 amide bonds. The third kappa shape index (κ3) is 4.99. The summed E-state index contributed by atoms with van der Waals surface area (Å²) in [6.07, 6.45) is 1.55. The van der Waals surface area contributed by atoms with Crippen LogP contribution in [0.2, 0.25) is 0 Å². The number of ether oxygens (including phenoxy) is 3. The highest BCUT2D eigenvalue weighted by atomic mass is 16.5. The van der Waals surface area contributed by atoms with Crippen molar-refractivity contribution in [1.82, 2.24) is 4.98 Å². The van der Waals surface area contributed by atoms with Crippen LogP contribution in [0.15, 0.2) is 97.2 Å². The smallest absolute Gasteiger partial charge is 0.343 e. The second-order valence-electron chi connectivity index (χ2n) is 7.07. The first-order valence-corrected chi connectivity index (χ1v) is 10.3. The molecule has 0 bridgehead atoms. The molecule has 0 aliphatic carbocycles. The number of carbonyl (C=O) groups is 3. The topological polar surface area (TPSA) is 91.8 Å². The third-order valence-corrected chi connectivity index (χ3v) is 4.83. The standard InChI is InChI=1S/C27H19NO6/c1-32-25(29)20-16-22(33-26(30)18-10-4-2-5-11-18)24(21-14-8-9-15-28-21)23(17-20)34-27(31)19-12-6-3-7-13-19/h2-17H,1H3. The lowest BCUT2D eigenvalue weighted by Gasteiger charge is -2.16. The summed E-state index contributed by atoms with van der Waals surface area (Å²) in [5.74, 6) is -2.01. The van der Waals surface area contributed by atoms with E-state index in [1.807, 2.05) is 0 Å². The van der Waals surface area contributed by atoms with Crippen LogP contribution in [-0.2, 0) is 4.74 Å². The average molecular weight is 453 g/mol. The molecule has 168 valence electrons. The van der Waals surface area contributed by atoms with Gasteiger partial charge in [-0.1, -0.05) is 42.5 Å². The first-order valence-electron chi connectivity index (χ1n) is 10.3. The van der Waals surface area contributed by atoms with Crippen molar-refractivity contribution in [3.63, 3.8) is 0 Å². The molecule has 4 rings (SSSR count). The minimum Gasteiger partial charge on any atom is -0.465 e. The Morgan fingerprint density at radius 2 is 1.12 bits per heavy atom. The van der Waals surface area contributed by atoms with Gasteiger partial charge in [-0.05, 0) is 48.5 Å². The normalized spacial score (nSPS) is 10.3. The Kier molecular flexibility index (Phi) is 6.74. The zero-order chi connectivity index (χ0) is 23.9. The van der Waals surface area contributed by atoms with Gasteiger partial charge < -0.3 is 14.2 Å². The zero-order valence-electron chi connectivity index (χ0n) is 18.1. The van der Waals surface area contributed by atoms with Crippen molar-refractivity contribution in [2.75, 3.05) is 7.11 Å². The summed E-state index contributed by atoms with van der Waals surface area (Å²) in [5, 5.41) is 0. The molecule has 0 fully saturated rings. The highest BCUT2D eigenvalue weighted by Crippen LogP contribution is 2.40. The molecule has 0 atom stereocenters. The van der Waals surface area contributed by atoms with Crippen molar-refractivity contribution in [2.24, 2.45) is 0 Å². The number of pyridine rings is 1. The summed E-state index contributed by atoms with van der Waals surface area (Å²) in [5.41, 5.74) is 1.27. The van der Waals surface area contributed by atoms with Gasteiger partial charge in [0, 0.05) is 6.20 Å². The predicted molar refractivity (Wildman–Crippen MR) is 124 cm³/mol. The van der Waals surface area contributed by atoms with E-state index in [9.17, 15) is 14.4 Å². The fourth-order valence-corrected chi connectivity index (χ4v) is 3.22. The number of aromatic nitrogens is 1. The van der Waals surface area contributed by atoms with Crippen LogP contribution in [0.4, 0.5) is 0 Å². The van der Waals surface area contributed by atoms with Crippen molar-refractivity contribution in [3.05, 3.63) is 114 Å². The van der Waals surface area contributed by atoms with E-state index in [1.165, 1.54) is 19.2 Å². The molecule has 0 aliphatic rings. The molecule has 1 heterocycles. The molecule has 1 aromatic heterocycles. The van der Waals surface area contributed by atoms with Crippen LogP contribution in [0.1, 0.15) is 31.1 Å². The Morgan fingerprint density at radius 3 is 1.56 bits per heavy atom. The lowest BCUT2D eigenvalue weighted by molar-refractivity contribution is 0.0594. The van der Waals surface area contributed by atoms with E-state index in [4.69, 9.17) is 14.2 Å². The molecule has 0 saturated heterocycles. The molecular formula is C27H19NO6. The van der Waals surface area contributed by atoms with Crippen LogP contribution >= 0.6 is 0 Å². The van der Waals surface area contributed by atoms with E-state index in [2.05, 4.69) is 4.98 Å². The lowest BCUT2D eigenvalue weighted by atomic mass is 10.0. The Hall–Kier alpha value is -4.78. The molecule has 7 nitrogen and oxygen atoms in total. The molecule has 34 heavy (non-hydrogen) atoms. The molecule has 0 radical (unpaired) electrons. The van der Waals surface area contributed by atoms with Gasteiger partial charge in [0.2, 0.25) is 0 Å². The summed E-state index contributed by atoms with van der Waals surface area (Å²) in [4.78, 5) is 42.4. The number of hydrogen-bond acceptors (Lipinski definition) is 7. The van der Waals surface area contributed by atoms with Crippen molar-refractivity contribution >= 4 is 17.9 Å². The van der Waals surface area contributed by atoms with Crippen molar-refractivity contribution in [3.8, 4) is 22.8 Å². The Labute approximate surface area is 195 Å². The van der Waals surface area contributed by atoms with Gasteiger partial charge in [0.15, 0.2) is 0 Å². The molecule has 0 aliphatic heterocycles. The van der Waals surface area contributed by atoms with E-state index < -0.39 is 17.9 Å². The molecule has 0 saturated carbocycles. The van der Waals surface area contributed by atoms with E-state index in [1.54, 1.807) is 85.1 Å². The molecule has 4 aromatic rings. The van der Waals surface area contributed by atoms with Crippen LogP contribution in [0.5, 0.6) is 11.5 Å². The maximum Gasteiger partial charge on any atom is 0.343 e. The number of methoxy groups -OCH3 is 1. The fraction of sp³-hybridized carbons (Fsp3) is 0.0370. The molecule has 3 aromatic carbocycles. The van der Waals surface area contributed by atoms with Crippen molar-refractivity contribution < 1.29 is 28.6 Å². The van der Waals surface area contributed by atoms with E-state index in [0.29, 0.717) is 16.8 Å². The summed E-state index contributed by atoms with van der Waals surface area (Å²) < 4.78 is 16.2. The number of hydrogen-bond donors (Lipinski definition) is 0. The SMILES string of the molecule is COC(=O)c1cc(OC(=O)c2ccccc2)c(-c2ccccn2)c(OC(=O)c2ccccc2)c1. The number of carbonyl (C=O) groups excluding carboxylic acids is 3. The Bertz CT molecular complexity index is 1250. The molecule has 0 unspecified atom stereocenters. The van der Waals surface area contributed by atoms with Crippen LogP contribution in [0.3, 0.4) is 0 Å². The maximum absolute atomic E-state index is 12.8. The van der Waals surface area contributed by atoms with Gasteiger partial charge in [-0.25, -0.2) is 14.4 Å². The fourth-order valence-electron chi connectivity index (χ4n) is 3.22. The largest absolute Gasteiger partial charge is 0.465 e. The number of rotatable bonds is 6. The van der Waals surface area contributed by atoms with Gasteiger partial charge in [0.25, 0.3) is 0 Å². The second kappa shape index (κ2) is 10.2. The maximum atomic E-state index is 12.8. The highest BCUT2D eigenvalue weighted by molar-refractivity contribution is 5.97. The molecule has 7 heteroatoms. The lowest BCUT2D eigenvalue weighted by Crippen LogP contribution is -2.14. The van der Waals surface area contributed by atoms with Gasteiger partial charge in [0.05, 0.1) is 35.1 Å². The summed E-state index contributed by atoms with van der Waals surface area (Å²) in [6.45, 7) is 0. The number of benzene rings is 3. The first kappa shape index (κ1) is 22.4. The van der Waals surface area contributed by atoms with Gasteiger partial charge in [-0.15, -0.1) is 0 Å². The van der Waals surface area contributed by atoms with Crippen molar-refractivity contribution in [1.29, 1.82) is 0 Å². The molecule has 0 spiro atoms. The molecule has 0 N–H and O–H groups in total. The van der Waals surface area contributed by atoms with Crippen LogP contribution in [-0.4, -0.2) is 30.0 Å². The second-order valence-corrected chi connectivity index (χ2v) is 7.07. The summed E-state index contributed by atoms with van der Waals surface area (Å²) in [7, 11) is 1.22. The predicted octanol–water partition coefficient (Wildman–Crippen LogP) is 4.97. The van der Waals surface area contributed by atoms with E-state index in [0.717, 1.165) is 0 Å². The van der Waals surface area contributed by atoms with Gasteiger partial charge >= 0.3 is 17.9 Å². The zero-order valence-corrected chi connectivity index (χ0v) is 18.1. The highest BCUT2D eigenvalue weighted by Gasteiger charge is 2.24. The minimum absolute atomic E-state index is 0.00804. The minimum atomic E-state index is -0.693. The Morgan fingerprint density at radius 1 is 0.618 bits per heavy atom. The number of esters is 3. The number of nitrogens with zero attached hydrogens (tertiary/aromatic N) is 1. The monoisotopic (exact) mass is 453 g/mol. The van der Waals surface area contributed by atoms with Crippen LogP contribution in [0, 0.1) is 0 Å². The van der Waals surface area contributed by atoms with Gasteiger partial charge in [-0.3, -0.25) is 4.98 Å². The van der Waals surface area contributed by atoms with E-state index in [-0.39, 0.29) is 22.6 Å². The van der Waals surface area contributed by atoms with Gasteiger partial charge in [0.1, 0.15) is 11.5 Å². The van der Waals surface area contributed by atoms with E-state index >= 15 is 0 Å². The summed E-state index contributed by atoms with van der Waals surface area (Å²) >= 11 is 0. The Balaban J connectivity index is 1.85. The van der Waals surface area contributed by atoms with Crippen molar-refractivity contribution in [2.45, 2.75) is 0 Å². The first-order chi connectivity index (χ1) is 16.6. The van der Waals surface area contributed by atoms with Crippen LogP contribution in [0.25, 0.3) is 11.3 Å². The molecular weight excluding hydrogens is 434 g/mol. The average Bonchev–Trinajstić information content (AvgIpc) is 2.89.